The van der Waals surface area contributed by atoms with Gasteiger partial charge >= 0.3 is 12.3 Å². The average Bonchev–Trinajstić information content (AvgIpc) is 3.23. The quantitative estimate of drug-likeness (QED) is 0.758. The van der Waals surface area contributed by atoms with Crippen LogP contribution in [0.3, 0.4) is 0 Å². The van der Waals surface area contributed by atoms with E-state index in [0.29, 0.717) is 30.5 Å². The summed E-state index contributed by atoms with van der Waals surface area (Å²) < 4.78 is 35.3. The van der Waals surface area contributed by atoms with Crippen LogP contribution in [0.15, 0.2) is 34.7 Å². The second kappa shape index (κ2) is 5.91. The van der Waals surface area contributed by atoms with Gasteiger partial charge in [0.05, 0.1) is 6.54 Å². The minimum absolute atomic E-state index is 0.0222. The van der Waals surface area contributed by atoms with Crippen molar-refractivity contribution in [3.63, 3.8) is 0 Å². The number of nitrogens with zero attached hydrogens (tertiary/aromatic N) is 3. The number of rotatable bonds is 1. The maximum atomic E-state index is 13.2. The minimum Gasteiger partial charge on any atom is -0.395 e. The van der Waals surface area contributed by atoms with E-state index in [0.717, 1.165) is 17.7 Å². The number of amides is 2. The number of likely N-dealkylation sites (tertiary alicyclic amines) is 1. The predicted molar refractivity (Wildman–Crippen MR) is 90.4 cm³/mol. The molecule has 0 spiro atoms. The zero-order valence-electron chi connectivity index (χ0n) is 13.2. The predicted octanol–water partition coefficient (Wildman–Crippen LogP) is 3.65. The first kappa shape index (κ1) is 16.2. The number of thioether (sulfide) groups is 1. The van der Waals surface area contributed by atoms with Crippen molar-refractivity contribution in [2.45, 2.75) is 19.1 Å². The summed E-state index contributed by atoms with van der Waals surface area (Å²) in [6, 6.07) is 4.20. The molecule has 1 aromatic rings. The third kappa shape index (κ3) is 3.15. The number of aliphatic imine (C=N–C) groups is 1. The molecule has 9 heteroatoms. The summed E-state index contributed by atoms with van der Waals surface area (Å²) in [5.41, 5.74) is 0.583. The van der Waals surface area contributed by atoms with Crippen molar-refractivity contribution in [3.8, 4) is 11.5 Å². The third-order valence-corrected chi connectivity index (χ3v) is 4.98. The summed E-state index contributed by atoms with van der Waals surface area (Å²) in [5, 5.41) is 0.479. The monoisotopic (exact) mass is 367 g/mol. The fourth-order valence-corrected chi connectivity index (χ4v) is 3.77. The standard InChI is InChI=1S/C16H15F2N3O3S/c1-10-9-21(15(25-10)19-14(22)20-6-2-3-7-20)11-4-5-12-13(8-11)24-16(17,18)23-12/h4-5,8H,1-3,6-7,9H2. The molecule has 1 aromatic carbocycles. The summed E-state index contributed by atoms with van der Waals surface area (Å²) in [7, 11) is 0. The van der Waals surface area contributed by atoms with Crippen molar-refractivity contribution < 1.29 is 23.0 Å². The van der Waals surface area contributed by atoms with Gasteiger partial charge in [0.1, 0.15) is 0 Å². The van der Waals surface area contributed by atoms with Crippen LogP contribution in [0.25, 0.3) is 0 Å². The molecule has 2 saturated heterocycles. The molecule has 4 rings (SSSR count). The first-order valence-corrected chi connectivity index (χ1v) is 8.64. The highest BCUT2D eigenvalue weighted by atomic mass is 32.2. The van der Waals surface area contributed by atoms with Crippen LogP contribution < -0.4 is 14.4 Å². The van der Waals surface area contributed by atoms with Gasteiger partial charge in [-0.15, -0.1) is 8.78 Å². The largest absolute Gasteiger partial charge is 0.586 e. The van der Waals surface area contributed by atoms with Gasteiger partial charge in [-0.2, -0.15) is 4.99 Å². The SMILES string of the molecule is C=C1CN(c2ccc3c(c2)OC(F)(F)O3)C(=NC(=O)N2CCCC2)S1. The van der Waals surface area contributed by atoms with E-state index in [1.54, 1.807) is 15.9 Å². The Labute approximate surface area is 147 Å². The lowest BCUT2D eigenvalue weighted by molar-refractivity contribution is -0.286. The number of alkyl halides is 2. The van der Waals surface area contributed by atoms with Gasteiger partial charge in [0.25, 0.3) is 0 Å². The Morgan fingerprint density at radius 1 is 1.24 bits per heavy atom. The molecule has 3 aliphatic rings. The van der Waals surface area contributed by atoms with Gasteiger partial charge in [0, 0.05) is 29.7 Å². The van der Waals surface area contributed by atoms with Gasteiger partial charge in [-0.3, -0.25) is 0 Å². The van der Waals surface area contributed by atoms with Gasteiger partial charge in [-0.25, -0.2) is 4.79 Å². The molecular formula is C16H15F2N3O3S. The summed E-state index contributed by atoms with van der Waals surface area (Å²) in [5.74, 6) is -0.0682. The van der Waals surface area contributed by atoms with Crippen molar-refractivity contribution in [1.82, 2.24) is 4.90 Å². The molecule has 0 N–H and O–H groups in total. The number of urea groups is 1. The lowest BCUT2D eigenvalue weighted by atomic mass is 10.2. The number of hydrogen-bond acceptors (Lipinski definition) is 4. The molecule has 2 fully saturated rings. The topological polar surface area (TPSA) is 54.4 Å². The fourth-order valence-electron chi connectivity index (χ4n) is 2.91. The maximum Gasteiger partial charge on any atom is 0.586 e. The van der Waals surface area contributed by atoms with Gasteiger partial charge in [-0.05, 0) is 25.0 Å². The van der Waals surface area contributed by atoms with Gasteiger partial charge in [0.15, 0.2) is 16.7 Å². The van der Waals surface area contributed by atoms with E-state index in [4.69, 9.17) is 0 Å². The van der Waals surface area contributed by atoms with Crippen LogP contribution in [0.1, 0.15) is 12.8 Å². The zero-order valence-corrected chi connectivity index (χ0v) is 14.0. The summed E-state index contributed by atoms with van der Waals surface area (Å²) >= 11 is 1.30. The lowest BCUT2D eigenvalue weighted by Crippen LogP contribution is -2.29. The molecule has 0 atom stereocenters. The number of hydrogen-bond donors (Lipinski definition) is 0. The molecule has 0 bridgehead atoms. The highest BCUT2D eigenvalue weighted by Gasteiger charge is 2.43. The van der Waals surface area contributed by atoms with Crippen LogP contribution in [-0.2, 0) is 0 Å². The smallest absolute Gasteiger partial charge is 0.395 e. The molecular weight excluding hydrogens is 352 g/mol. The first-order valence-electron chi connectivity index (χ1n) is 7.82. The Morgan fingerprint density at radius 3 is 2.72 bits per heavy atom. The molecule has 2 amide bonds. The molecule has 3 heterocycles. The van der Waals surface area contributed by atoms with Gasteiger partial charge < -0.3 is 19.3 Å². The molecule has 0 saturated carbocycles. The van der Waals surface area contributed by atoms with E-state index in [1.807, 2.05) is 0 Å². The maximum absolute atomic E-state index is 13.2. The van der Waals surface area contributed by atoms with Crippen molar-refractivity contribution in [1.29, 1.82) is 0 Å². The van der Waals surface area contributed by atoms with Crippen LogP contribution in [0.2, 0.25) is 0 Å². The van der Waals surface area contributed by atoms with Crippen LogP contribution in [0.4, 0.5) is 19.3 Å². The number of amidine groups is 1. The van der Waals surface area contributed by atoms with Crippen molar-refractivity contribution >= 4 is 28.6 Å². The number of carbonyl (C=O) groups is 1. The third-order valence-electron chi connectivity index (χ3n) is 4.07. The van der Waals surface area contributed by atoms with E-state index < -0.39 is 6.29 Å². The van der Waals surface area contributed by atoms with Crippen LogP contribution in [-0.4, -0.2) is 42.0 Å². The molecule has 0 aromatic heterocycles. The van der Waals surface area contributed by atoms with E-state index in [2.05, 4.69) is 21.0 Å². The highest BCUT2D eigenvalue weighted by Crippen LogP contribution is 2.44. The summed E-state index contributed by atoms with van der Waals surface area (Å²) in [4.78, 5) is 20.8. The Hall–Kier alpha value is -2.29. The van der Waals surface area contributed by atoms with E-state index >= 15 is 0 Å². The molecule has 0 aliphatic carbocycles. The van der Waals surface area contributed by atoms with Crippen molar-refractivity contribution in [3.05, 3.63) is 29.7 Å². The Kier molecular flexibility index (Phi) is 3.82. The van der Waals surface area contributed by atoms with Gasteiger partial charge in [-0.1, -0.05) is 18.3 Å². The zero-order chi connectivity index (χ0) is 17.6. The second-order valence-corrected chi connectivity index (χ2v) is 7.04. The van der Waals surface area contributed by atoms with E-state index in [-0.39, 0.29) is 17.5 Å². The Morgan fingerprint density at radius 2 is 1.96 bits per heavy atom. The number of halogens is 2. The minimum atomic E-state index is -3.66. The number of carbonyl (C=O) groups excluding carboxylic acids is 1. The molecule has 0 radical (unpaired) electrons. The number of fused-ring (bicyclic) bond motifs is 1. The van der Waals surface area contributed by atoms with Crippen molar-refractivity contribution in [2.75, 3.05) is 24.5 Å². The second-order valence-electron chi connectivity index (χ2n) is 5.90. The van der Waals surface area contributed by atoms with Gasteiger partial charge in [0.2, 0.25) is 0 Å². The normalized spacial score (nSPS) is 23.0. The van der Waals surface area contributed by atoms with E-state index in [9.17, 15) is 13.6 Å². The number of ether oxygens (including phenoxy) is 2. The van der Waals surface area contributed by atoms with Crippen LogP contribution >= 0.6 is 11.8 Å². The number of benzene rings is 1. The summed E-state index contributed by atoms with van der Waals surface area (Å²) in [6.45, 7) is 5.77. The fraction of sp³-hybridized carbons (Fsp3) is 0.375. The Balaban J connectivity index is 1.60. The molecule has 3 aliphatic heterocycles. The molecule has 0 unspecified atom stereocenters. The molecule has 132 valence electrons. The summed E-state index contributed by atoms with van der Waals surface area (Å²) in [6.07, 6.45) is -1.69. The van der Waals surface area contributed by atoms with Crippen LogP contribution in [0, 0.1) is 0 Å². The highest BCUT2D eigenvalue weighted by molar-refractivity contribution is 8.18. The van der Waals surface area contributed by atoms with Crippen LogP contribution in [0.5, 0.6) is 11.5 Å². The van der Waals surface area contributed by atoms with E-state index in [1.165, 1.54) is 23.9 Å². The molecule has 25 heavy (non-hydrogen) atoms. The Bertz CT molecular complexity index is 778. The first-order chi connectivity index (χ1) is 11.9. The molecule has 6 nitrogen and oxygen atoms in total. The lowest BCUT2D eigenvalue weighted by Gasteiger charge is -2.19. The number of anilines is 1. The van der Waals surface area contributed by atoms with Crippen molar-refractivity contribution in [2.24, 2.45) is 4.99 Å². The average molecular weight is 367 g/mol.